The molecule has 0 radical (unpaired) electrons. The van der Waals surface area contributed by atoms with Crippen molar-refractivity contribution < 1.29 is 13.6 Å². The average molecular weight is 214 g/mol. The highest BCUT2D eigenvalue weighted by atomic mass is 32.2. The minimum Gasteiger partial charge on any atom is -0.294 e. The molecule has 0 bridgehead atoms. The van der Waals surface area contributed by atoms with E-state index in [0.717, 1.165) is 24.3 Å². The smallest absolute Gasteiger partial charge is 0.164 e. The molecule has 0 saturated heterocycles. The Morgan fingerprint density at radius 3 is 2.71 bits per heavy atom. The molecule has 0 spiro atoms. The van der Waals surface area contributed by atoms with Gasteiger partial charge in [0.15, 0.2) is 17.4 Å². The lowest BCUT2D eigenvalue weighted by Crippen LogP contribution is -2.00. The third-order valence-electron chi connectivity index (χ3n) is 2.13. The van der Waals surface area contributed by atoms with Gasteiger partial charge < -0.3 is 0 Å². The van der Waals surface area contributed by atoms with Crippen molar-refractivity contribution in [3.05, 3.63) is 29.3 Å². The largest absolute Gasteiger partial charge is 0.294 e. The van der Waals surface area contributed by atoms with Crippen LogP contribution in [-0.4, -0.2) is 11.5 Å². The number of carbonyl (C=O) groups excluding carboxylic acids is 1. The van der Waals surface area contributed by atoms with Gasteiger partial charge in [0, 0.05) is 16.9 Å². The zero-order chi connectivity index (χ0) is 10.1. The quantitative estimate of drug-likeness (QED) is 0.660. The summed E-state index contributed by atoms with van der Waals surface area (Å²) in [6, 6.07) is 2.11. The number of halogens is 2. The zero-order valence-electron chi connectivity index (χ0n) is 7.35. The van der Waals surface area contributed by atoms with Crippen molar-refractivity contribution in [2.45, 2.75) is 17.7 Å². The fourth-order valence-electron chi connectivity index (χ4n) is 1.42. The Labute approximate surface area is 84.5 Å². The van der Waals surface area contributed by atoms with Crippen molar-refractivity contribution in [2.24, 2.45) is 0 Å². The summed E-state index contributed by atoms with van der Waals surface area (Å²) in [5.41, 5.74) is 0.325. The van der Waals surface area contributed by atoms with Crippen LogP contribution in [0.4, 0.5) is 8.78 Å². The molecule has 1 aromatic carbocycles. The van der Waals surface area contributed by atoms with Gasteiger partial charge in [-0.05, 0) is 24.3 Å². The Morgan fingerprint density at radius 2 is 1.93 bits per heavy atom. The molecule has 74 valence electrons. The van der Waals surface area contributed by atoms with Gasteiger partial charge in [0.25, 0.3) is 0 Å². The van der Waals surface area contributed by atoms with E-state index in [0.29, 0.717) is 16.9 Å². The summed E-state index contributed by atoms with van der Waals surface area (Å²) in [5.74, 6) is -1.14. The van der Waals surface area contributed by atoms with Crippen LogP contribution < -0.4 is 0 Å². The molecular weight excluding hydrogens is 206 g/mol. The Morgan fingerprint density at radius 1 is 1.21 bits per heavy atom. The summed E-state index contributed by atoms with van der Waals surface area (Å²) >= 11 is 1.41. The van der Waals surface area contributed by atoms with Crippen molar-refractivity contribution in [1.29, 1.82) is 0 Å². The van der Waals surface area contributed by atoms with E-state index in [1.54, 1.807) is 0 Å². The first kappa shape index (κ1) is 9.65. The van der Waals surface area contributed by atoms with Gasteiger partial charge in [-0.1, -0.05) is 0 Å². The van der Waals surface area contributed by atoms with Gasteiger partial charge in [-0.3, -0.25) is 4.79 Å². The lowest BCUT2D eigenvalue weighted by molar-refractivity contribution is 0.0979. The van der Waals surface area contributed by atoms with Crippen LogP contribution in [0.25, 0.3) is 0 Å². The molecule has 1 aromatic rings. The highest BCUT2D eigenvalue weighted by molar-refractivity contribution is 7.99. The number of carbonyl (C=O) groups is 1. The maximum Gasteiger partial charge on any atom is 0.164 e. The summed E-state index contributed by atoms with van der Waals surface area (Å²) < 4.78 is 25.7. The molecule has 0 N–H and O–H groups in total. The zero-order valence-corrected chi connectivity index (χ0v) is 8.16. The van der Waals surface area contributed by atoms with Crippen LogP contribution in [0.1, 0.15) is 23.2 Å². The highest BCUT2D eigenvalue weighted by Crippen LogP contribution is 2.30. The second-order valence-corrected chi connectivity index (χ2v) is 4.27. The molecule has 4 heteroatoms. The molecular formula is C10H8F2OS. The topological polar surface area (TPSA) is 17.1 Å². The van der Waals surface area contributed by atoms with Crippen LogP contribution in [0.15, 0.2) is 17.0 Å². The maximum absolute atomic E-state index is 12.9. The van der Waals surface area contributed by atoms with E-state index in [2.05, 4.69) is 0 Å². The highest BCUT2D eigenvalue weighted by Gasteiger charge is 2.18. The molecule has 0 aromatic heterocycles. The van der Waals surface area contributed by atoms with Gasteiger partial charge >= 0.3 is 0 Å². The number of fused-ring (bicyclic) bond motifs is 1. The molecule has 1 aliphatic heterocycles. The van der Waals surface area contributed by atoms with E-state index in [-0.39, 0.29) is 5.78 Å². The Balaban J connectivity index is 2.54. The van der Waals surface area contributed by atoms with Crippen molar-refractivity contribution in [3.63, 3.8) is 0 Å². The molecule has 1 heterocycles. The molecule has 0 aliphatic carbocycles. The number of thioether (sulfide) groups is 1. The lowest BCUT2D eigenvalue weighted by Gasteiger charge is -2.03. The third-order valence-corrected chi connectivity index (χ3v) is 3.27. The van der Waals surface area contributed by atoms with Crippen LogP contribution in [0.3, 0.4) is 0 Å². The molecule has 0 amide bonds. The van der Waals surface area contributed by atoms with E-state index >= 15 is 0 Å². The number of hydrogen-bond donors (Lipinski definition) is 0. The summed E-state index contributed by atoms with van der Waals surface area (Å²) in [5, 5.41) is 0. The second kappa shape index (κ2) is 3.69. The SMILES string of the molecule is O=C1CCCSc2cc(F)c(F)cc21. The van der Waals surface area contributed by atoms with E-state index < -0.39 is 11.6 Å². The van der Waals surface area contributed by atoms with Gasteiger partial charge in [-0.15, -0.1) is 11.8 Å². The molecule has 14 heavy (non-hydrogen) atoms. The average Bonchev–Trinajstić information content (AvgIpc) is 2.31. The summed E-state index contributed by atoms with van der Waals surface area (Å²) in [7, 11) is 0. The lowest BCUT2D eigenvalue weighted by atomic mass is 10.1. The number of benzene rings is 1. The normalized spacial score (nSPS) is 16.3. The van der Waals surface area contributed by atoms with Gasteiger partial charge in [-0.25, -0.2) is 8.78 Å². The second-order valence-electron chi connectivity index (χ2n) is 3.14. The summed E-state index contributed by atoms with van der Waals surface area (Å²) in [4.78, 5) is 12.0. The first-order valence-corrected chi connectivity index (χ1v) is 5.32. The molecule has 2 rings (SSSR count). The molecule has 0 atom stereocenters. The fraction of sp³-hybridized carbons (Fsp3) is 0.300. The summed E-state index contributed by atoms with van der Waals surface area (Å²) in [6.45, 7) is 0. The first-order chi connectivity index (χ1) is 6.68. The molecule has 0 fully saturated rings. The van der Waals surface area contributed by atoms with Crippen LogP contribution in [0, 0.1) is 11.6 Å². The molecule has 0 saturated carbocycles. The predicted molar refractivity (Wildman–Crippen MR) is 50.6 cm³/mol. The van der Waals surface area contributed by atoms with E-state index in [1.807, 2.05) is 0 Å². The molecule has 1 aliphatic rings. The van der Waals surface area contributed by atoms with Crippen molar-refractivity contribution in [1.82, 2.24) is 0 Å². The number of ketones is 1. The van der Waals surface area contributed by atoms with Crippen LogP contribution in [-0.2, 0) is 0 Å². The van der Waals surface area contributed by atoms with Crippen molar-refractivity contribution in [2.75, 3.05) is 5.75 Å². The minimum atomic E-state index is -0.945. The number of hydrogen-bond acceptors (Lipinski definition) is 2. The van der Waals surface area contributed by atoms with Gasteiger partial charge in [0.2, 0.25) is 0 Å². The monoisotopic (exact) mass is 214 g/mol. The number of Topliss-reactive ketones (excluding diaryl/α,β-unsaturated/α-hetero) is 1. The summed E-state index contributed by atoms with van der Waals surface area (Å²) in [6.07, 6.45) is 1.19. The van der Waals surface area contributed by atoms with Crippen molar-refractivity contribution in [3.8, 4) is 0 Å². The number of rotatable bonds is 0. The molecule has 0 unspecified atom stereocenters. The fourth-order valence-corrected chi connectivity index (χ4v) is 2.44. The van der Waals surface area contributed by atoms with Crippen molar-refractivity contribution >= 4 is 17.5 Å². The van der Waals surface area contributed by atoms with Gasteiger partial charge in [0.1, 0.15) is 0 Å². The minimum absolute atomic E-state index is 0.0936. The Hall–Kier alpha value is -0.900. The van der Waals surface area contributed by atoms with E-state index in [4.69, 9.17) is 0 Å². The van der Waals surface area contributed by atoms with E-state index in [1.165, 1.54) is 11.8 Å². The Kier molecular flexibility index (Phi) is 2.54. The molecule has 1 nitrogen and oxygen atoms in total. The maximum atomic E-state index is 12.9. The van der Waals surface area contributed by atoms with Crippen LogP contribution in [0.2, 0.25) is 0 Å². The van der Waals surface area contributed by atoms with E-state index in [9.17, 15) is 13.6 Å². The standard InChI is InChI=1S/C10H8F2OS/c11-7-4-6-9(13)2-1-3-14-10(6)5-8(7)12/h4-5H,1-3H2. The first-order valence-electron chi connectivity index (χ1n) is 4.33. The predicted octanol–water partition coefficient (Wildman–Crippen LogP) is 3.03. The van der Waals surface area contributed by atoms with Gasteiger partial charge in [0.05, 0.1) is 0 Å². The van der Waals surface area contributed by atoms with Crippen LogP contribution in [0.5, 0.6) is 0 Å². The Bertz CT molecular complexity index is 390. The van der Waals surface area contributed by atoms with Gasteiger partial charge in [-0.2, -0.15) is 0 Å². The van der Waals surface area contributed by atoms with Crippen LogP contribution >= 0.6 is 11.8 Å². The third kappa shape index (κ3) is 1.66.